The highest BCUT2D eigenvalue weighted by molar-refractivity contribution is 5.85. The molecule has 3 aromatic rings. The third kappa shape index (κ3) is 2.75. The fraction of sp³-hybridized carbons (Fsp3) is 0.316. The number of aryl methyl sites for hydroxylation is 1. The fourth-order valence-corrected chi connectivity index (χ4v) is 3.39. The lowest BCUT2D eigenvalue weighted by atomic mass is 10.0. The molecular weight excluding hydrogens is 334 g/mol. The van der Waals surface area contributed by atoms with E-state index in [1.807, 2.05) is 19.1 Å². The van der Waals surface area contributed by atoms with E-state index in [0.29, 0.717) is 30.0 Å². The molecular formula is C19H19N3O4. The van der Waals surface area contributed by atoms with E-state index < -0.39 is 5.63 Å². The van der Waals surface area contributed by atoms with Crippen LogP contribution in [0, 0.1) is 6.92 Å². The number of aromatic amines is 1. The van der Waals surface area contributed by atoms with Gasteiger partial charge in [0.25, 0.3) is 0 Å². The highest BCUT2D eigenvalue weighted by Crippen LogP contribution is 2.24. The highest BCUT2D eigenvalue weighted by atomic mass is 16.5. The Hall–Kier alpha value is -3.09. The number of methoxy groups -OCH3 is 1. The van der Waals surface area contributed by atoms with Gasteiger partial charge in [0.1, 0.15) is 11.3 Å². The maximum atomic E-state index is 12.7. The summed E-state index contributed by atoms with van der Waals surface area (Å²) in [7, 11) is 1.56. The molecule has 0 bridgehead atoms. The number of carbonyl (C=O) groups is 1. The minimum absolute atomic E-state index is 0.0274. The average molecular weight is 353 g/mol. The number of ether oxygens (including phenoxy) is 1. The van der Waals surface area contributed by atoms with Gasteiger partial charge in [-0.2, -0.15) is 0 Å². The Morgan fingerprint density at radius 3 is 3.08 bits per heavy atom. The maximum absolute atomic E-state index is 12.7. The molecule has 0 spiro atoms. The summed E-state index contributed by atoms with van der Waals surface area (Å²) < 4.78 is 10.6. The van der Waals surface area contributed by atoms with Crippen molar-refractivity contribution in [2.75, 3.05) is 13.7 Å². The summed E-state index contributed by atoms with van der Waals surface area (Å²) in [5, 5.41) is 0.808. The first-order valence-corrected chi connectivity index (χ1v) is 8.46. The van der Waals surface area contributed by atoms with Crippen LogP contribution in [-0.2, 0) is 24.2 Å². The first-order valence-electron chi connectivity index (χ1n) is 8.46. The van der Waals surface area contributed by atoms with Crippen molar-refractivity contribution in [1.29, 1.82) is 0 Å². The average Bonchev–Trinajstić information content (AvgIpc) is 3.12. The van der Waals surface area contributed by atoms with Crippen LogP contribution in [0.25, 0.3) is 11.0 Å². The van der Waals surface area contributed by atoms with Crippen LogP contribution < -0.4 is 10.4 Å². The lowest BCUT2D eigenvalue weighted by Crippen LogP contribution is -2.37. The molecule has 1 aliphatic rings. The number of benzene rings is 1. The monoisotopic (exact) mass is 353 g/mol. The molecule has 1 aliphatic heterocycles. The number of nitrogens with zero attached hydrogens (tertiary/aromatic N) is 2. The van der Waals surface area contributed by atoms with Gasteiger partial charge in [-0.15, -0.1) is 0 Å². The zero-order valence-corrected chi connectivity index (χ0v) is 14.7. The van der Waals surface area contributed by atoms with Gasteiger partial charge in [0.2, 0.25) is 5.91 Å². The zero-order chi connectivity index (χ0) is 18.3. The molecule has 3 heterocycles. The summed E-state index contributed by atoms with van der Waals surface area (Å²) >= 11 is 0. The molecule has 2 aromatic heterocycles. The molecule has 1 aromatic carbocycles. The van der Waals surface area contributed by atoms with Crippen molar-refractivity contribution < 1.29 is 13.9 Å². The number of amides is 1. The second-order valence-corrected chi connectivity index (χ2v) is 6.43. The summed E-state index contributed by atoms with van der Waals surface area (Å²) in [4.78, 5) is 34.2. The third-order valence-electron chi connectivity index (χ3n) is 4.95. The first kappa shape index (κ1) is 16.4. The fourth-order valence-electron chi connectivity index (χ4n) is 3.39. The Kier molecular flexibility index (Phi) is 3.99. The molecule has 26 heavy (non-hydrogen) atoms. The van der Waals surface area contributed by atoms with E-state index in [1.165, 1.54) is 0 Å². The minimum atomic E-state index is -0.476. The molecule has 7 nitrogen and oxygen atoms in total. The molecule has 0 radical (unpaired) electrons. The first-order chi connectivity index (χ1) is 12.6. The normalized spacial score (nSPS) is 13.7. The molecule has 0 aliphatic carbocycles. The topological polar surface area (TPSA) is 88.4 Å². The van der Waals surface area contributed by atoms with E-state index in [2.05, 4.69) is 9.97 Å². The minimum Gasteiger partial charge on any atom is -0.497 e. The van der Waals surface area contributed by atoms with Crippen molar-refractivity contribution in [3.05, 3.63) is 57.5 Å². The van der Waals surface area contributed by atoms with E-state index in [4.69, 9.17) is 9.15 Å². The molecule has 0 unspecified atom stereocenters. The van der Waals surface area contributed by atoms with Gasteiger partial charge in [-0.05, 0) is 24.6 Å². The molecule has 0 atom stereocenters. The number of fused-ring (bicyclic) bond motifs is 2. The van der Waals surface area contributed by atoms with Gasteiger partial charge < -0.3 is 19.0 Å². The molecule has 0 saturated heterocycles. The van der Waals surface area contributed by atoms with Crippen LogP contribution in [0.4, 0.5) is 0 Å². The van der Waals surface area contributed by atoms with Gasteiger partial charge in [-0.3, -0.25) is 4.79 Å². The smallest absolute Gasteiger partial charge is 0.340 e. The zero-order valence-electron chi connectivity index (χ0n) is 14.7. The third-order valence-corrected chi connectivity index (χ3v) is 4.95. The lowest BCUT2D eigenvalue weighted by Gasteiger charge is -2.26. The standard InChI is InChI=1S/C19H19N3O4/c1-11-13-4-3-12(25-2)7-17(13)26-19(24)14(11)8-18(23)22-6-5-15-16(9-22)21-10-20-15/h3-4,7,10H,5-6,8-9H2,1-2H3,(H,20,21). The van der Waals surface area contributed by atoms with E-state index in [-0.39, 0.29) is 12.3 Å². The van der Waals surface area contributed by atoms with Crippen LogP contribution in [0.1, 0.15) is 22.5 Å². The number of carbonyl (C=O) groups excluding carboxylic acids is 1. The molecule has 7 heteroatoms. The number of hydrogen-bond donors (Lipinski definition) is 1. The number of nitrogens with one attached hydrogen (secondary N) is 1. The van der Waals surface area contributed by atoms with E-state index in [9.17, 15) is 9.59 Å². The quantitative estimate of drug-likeness (QED) is 0.727. The van der Waals surface area contributed by atoms with Gasteiger partial charge in [-0.25, -0.2) is 9.78 Å². The summed E-state index contributed by atoms with van der Waals surface area (Å²) in [5.41, 5.74) is 3.12. The molecule has 0 saturated carbocycles. The summed E-state index contributed by atoms with van der Waals surface area (Å²) in [5.74, 6) is 0.529. The SMILES string of the molecule is COc1ccc2c(C)c(CC(=O)N3CCc4nc[nH]c4C3)c(=O)oc2c1. The molecule has 1 N–H and O–H groups in total. The predicted molar refractivity (Wildman–Crippen MR) is 95.2 cm³/mol. The van der Waals surface area contributed by atoms with Crippen LogP contribution in [0.5, 0.6) is 5.75 Å². The van der Waals surface area contributed by atoms with Gasteiger partial charge in [0.15, 0.2) is 0 Å². The number of imidazole rings is 1. The Balaban J connectivity index is 1.63. The van der Waals surface area contributed by atoms with Crippen LogP contribution in [0.15, 0.2) is 33.7 Å². The number of aromatic nitrogens is 2. The van der Waals surface area contributed by atoms with Crippen LogP contribution in [0.2, 0.25) is 0 Å². The predicted octanol–water partition coefficient (Wildman–Crippen LogP) is 1.96. The van der Waals surface area contributed by atoms with Gasteiger partial charge in [0.05, 0.1) is 43.4 Å². The Bertz CT molecular complexity index is 1050. The summed E-state index contributed by atoms with van der Waals surface area (Å²) in [6, 6.07) is 5.34. The Labute approximate surface area is 149 Å². The Morgan fingerprint density at radius 2 is 2.27 bits per heavy atom. The van der Waals surface area contributed by atoms with Gasteiger partial charge >= 0.3 is 5.63 Å². The highest BCUT2D eigenvalue weighted by Gasteiger charge is 2.24. The van der Waals surface area contributed by atoms with Crippen molar-refractivity contribution in [3.63, 3.8) is 0 Å². The van der Waals surface area contributed by atoms with Gasteiger partial charge in [-0.1, -0.05) is 0 Å². The van der Waals surface area contributed by atoms with E-state index in [1.54, 1.807) is 24.4 Å². The van der Waals surface area contributed by atoms with Crippen molar-refractivity contribution >= 4 is 16.9 Å². The molecule has 1 amide bonds. The van der Waals surface area contributed by atoms with Crippen molar-refractivity contribution in [3.8, 4) is 5.75 Å². The van der Waals surface area contributed by atoms with Crippen LogP contribution in [-0.4, -0.2) is 34.4 Å². The molecule has 4 rings (SSSR count). The number of H-pyrrole nitrogens is 1. The van der Waals surface area contributed by atoms with Gasteiger partial charge in [0, 0.05) is 24.4 Å². The van der Waals surface area contributed by atoms with Crippen molar-refractivity contribution in [1.82, 2.24) is 14.9 Å². The molecule has 134 valence electrons. The molecule has 0 fully saturated rings. The maximum Gasteiger partial charge on any atom is 0.340 e. The van der Waals surface area contributed by atoms with E-state index in [0.717, 1.165) is 28.8 Å². The summed E-state index contributed by atoms with van der Waals surface area (Å²) in [6.45, 7) is 2.94. The van der Waals surface area contributed by atoms with Crippen molar-refractivity contribution in [2.24, 2.45) is 0 Å². The van der Waals surface area contributed by atoms with Crippen LogP contribution >= 0.6 is 0 Å². The second-order valence-electron chi connectivity index (χ2n) is 6.43. The van der Waals surface area contributed by atoms with E-state index >= 15 is 0 Å². The van der Waals surface area contributed by atoms with Crippen molar-refractivity contribution in [2.45, 2.75) is 26.3 Å². The summed E-state index contributed by atoms with van der Waals surface area (Å²) in [6.07, 6.45) is 2.39. The lowest BCUT2D eigenvalue weighted by molar-refractivity contribution is -0.131. The van der Waals surface area contributed by atoms with Crippen LogP contribution in [0.3, 0.4) is 0 Å². The number of rotatable bonds is 3. The second kappa shape index (κ2) is 6.33. The Morgan fingerprint density at radius 1 is 1.42 bits per heavy atom. The number of hydrogen-bond acceptors (Lipinski definition) is 5. The largest absolute Gasteiger partial charge is 0.497 e.